The van der Waals surface area contributed by atoms with E-state index in [-0.39, 0.29) is 17.8 Å². The van der Waals surface area contributed by atoms with E-state index in [1.54, 1.807) is 29.1 Å². The van der Waals surface area contributed by atoms with Crippen molar-refractivity contribution in [1.82, 2.24) is 15.1 Å². The number of carbonyl (C=O) groups excluding carboxylic acids is 1. The van der Waals surface area contributed by atoms with Crippen molar-refractivity contribution in [3.8, 4) is 0 Å². The molecular formula is C14H14FN3O. The van der Waals surface area contributed by atoms with E-state index in [4.69, 9.17) is 0 Å². The molecule has 1 atom stereocenters. The smallest absolute Gasteiger partial charge is 0.254 e. The molecule has 2 aromatic rings. The van der Waals surface area contributed by atoms with E-state index in [1.165, 1.54) is 6.07 Å². The molecule has 0 saturated heterocycles. The second-order valence-electron chi connectivity index (χ2n) is 4.83. The Morgan fingerprint density at radius 3 is 3.05 bits per heavy atom. The Balaban J connectivity index is 1.95. The lowest BCUT2D eigenvalue weighted by Crippen LogP contribution is -2.39. The van der Waals surface area contributed by atoms with Crippen LogP contribution >= 0.6 is 0 Å². The van der Waals surface area contributed by atoms with Crippen LogP contribution in [0.4, 0.5) is 4.39 Å². The van der Waals surface area contributed by atoms with E-state index < -0.39 is 0 Å². The molecule has 1 unspecified atom stereocenters. The topological polar surface area (TPSA) is 46.9 Å². The third kappa shape index (κ3) is 2.12. The van der Waals surface area contributed by atoms with E-state index in [0.717, 1.165) is 12.1 Å². The van der Waals surface area contributed by atoms with Crippen molar-refractivity contribution >= 4 is 5.91 Å². The fraction of sp³-hybridized carbons (Fsp3) is 0.286. The van der Waals surface area contributed by atoms with E-state index in [9.17, 15) is 9.18 Å². The van der Waals surface area contributed by atoms with Crippen molar-refractivity contribution in [1.29, 1.82) is 0 Å². The number of carbonyl (C=O) groups is 1. The largest absolute Gasteiger partial charge is 0.349 e. The van der Waals surface area contributed by atoms with Gasteiger partial charge in [0.1, 0.15) is 5.82 Å². The van der Waals surface area contributed by atoms with Crippen LogP contribution in [0.3, 0.4) is 0 Å². The molecule has 0 saturated carbocycles. The Labute approximate surface area is 110 Å². The molecule has 1 aliphatic rings. The molecule has 1 aromatic carbocycles. The van der Waals surface area contributed by atoms with Gasteiger partial charge in [-0.25, -0.2) is 4.39 Å². The van der Waals surface area contributed by atoms with E-state index in [1.807, 2.05) is 6.92 Å². The summed E-state index contributed by atoms with van der Waals surface area (Å²) in [6.45, 7) is 2.29. The summed E-state index contributed by atoms with van der Waals surface area (Å²) in [6, 6.07) is 6.70. The van der Waals surface area contributed by atoms with Crippen LogP contribution in [0.25, 0.3) is 0 Å². The minimum atomic E-state index is -0.250. The predicted molar refractivity (Wildman–Crippen MR) is 68.4 cm³/mol. The first-order valence-corrected chi connectivity index (χ1v) is 6.24. The highest BCUT2D eigenvalue weighted by Crippen LogP contribution is 2.18. The molecule has 1 amide bonds. The highest BCUT2D eigenvalue weighted by atomic mass is 19.1. The minimum absolute atomic E-state index is 0.0797. The lowest BCUT2D eigenvalue weighted by molar-refractivity contribution is 0.0928. The van der Waals surface area contributed by atoms with Crippen molar-refractivity contribution in [2.24, 2.45) is 0 Å². The third-order valence-electron chi connectivity index (χ3n) is 3.35. The Morgan fingerprint density at radius 2 is 2.26 bits per heavy atom. The Kier molecular flexibility index (Phi) is 2.81. The first-order valence-electron chi connectivity index (χ1n) is 6.24. The Morgan fingerprint density at radius 1 is 1.47 bits per heavy atom. The molecule has 98 valence electrons. The molecule has 19 heavy (non-hydrogen) atoms. The summed E-state index contributed by atoms with van der Waals surface area (Å²) in [5.74, 6) is -0.353. The number of hydrogen-bond donors (Lipinski definition) is 1. The number of nitrogens with zero attached hydrogens (tertiary/aromatic N) is 2. The van der Waals surface area contributed by atoms with Crippen LogP contribution in [0.2, 0.25) is 0 Å². The number of rotatable bonds is 2. The van der Waals surface area contributed by atoms with Gasteiger partial charge in [-0.05, 0) is 13.0 Å². The Bertz CT molecular complexity index is 635. The molecule has 5 heteroatoms. The molecule has 0 bridgehead atoms. The van der Waals surface area contributed by atoms with Gasteiger partial charge in [0.15, 0.2) is 0 Å². The van der Waals surface area contributed by atoms with Crippen LogP contribution < -0.4 is 5.32 Å². The summed E-state index contributed by atoms with van der Waals surface area (Å²) in [4.78, 5) is 11.8. The molecule has 1 aliphatic heterocycles. The number of halogens is 1. The summed E-state index contributed by atoms with van der Waals surface area (Å²) in [6.07, 6.45) is 2.27. The normalized spacial score (nSPS) is 18.0. The van der Waals surface area contributed by atoms with Crippen molar-refractivity contribution in [2.75, 3.05) is 0 Å². The molecule has 1 N–H and O–H groups in total. The van der Waals surface area contributed by atoms with Gasteiger partial charge in [0.25, 0.3) is 5.91 Å². The quantitative estimate of drug-likeness (QED) is 0.893. The molecule has 3 rings (SSSR count). The average Bonchev–Trinajstić information content (AvgIpc) is 2.76. The lowest BCUT2D eigenvalue weighted by atomic mass is 10.0. The molecule has 0 radical (unpaired) electrons. The SMILES string of the molecule is CC1Cc2c(cnn2Cc2ccccc2F)C(=O)N1. The number of aromatic nitrogens is 2. The van der Waals surface area contributed by atoms with Gasteiger partial charge in [-0.3, -0.25) is 9.48 Å². The summed E-state index contributed by atoms with van der Waals surface area (Å²) >= 11 is 0. The predicted octanol–water partition coefficient (Wildman–Crippen LogP) is 1.74. The Hall–Kier alpha value is -2.17. The maximum Gasteiger partial charge on any atom is 0.254 e. The molecule has 0 spiro atoms. The fourth-order valence-corrected chi connectivity index (χ4v) is 2.38. The number of fused-ring (bicyclic) bond motifs is 1. The van der Waals surface area contributed by atoms with Gasteiger partial charge in [0.05, 0.1) is 24.0 Å². The van der Waals surface area contributed by atoms with E-state index >= 15 is 0 Å². The summed E-state index contributed by atoms with van der Waals surface area (Å²) < 4.78 is 15.4. The van der Waals surface area contributed by atoms with Crippen molar-refractivity contribution in [2.45, 2.75) is 25.9 Å². The van der Waals surface area contributed by atoms with Gasteiger partial charge in [0.2, 0.25) is 0 Å². The maximum atomic E-state index is 13.6. The molecular weight excluding hydrogens is 245 g/mol. The molecule has 2 heterocycles. The average molecular weight is 259 g/mol. The monoisotopic (exact) mass is 259 g/mol. The molecule has 0 aliphatic carbocycles. The van der Waals surface area contributed by atoms with Gasteiger partial charge >= 0.3 is 0 Å². The van der Waals surface area contributed by atoms with Crippen molar-refractivity contribution < 1.29 is 9.18 Å². The maximum absolute atomic E-state index is 13.6. The highest BCUT2D eigenvalue weighted by Gasteiger charge is 2.25. The minimum Gasteiger partial charge on any atom is -0.349 e. The van der Waals surface area contributed by atoms with Gasteiger partial charge in [-0.15, -0.1) is 0 Å². The number of benzene rings is 1. The van der Waals surface area contributed by atoms with E-state index in [2.05, 4.69) is 10.4 Å². The second-order valence-corrected chi connectivity index (χ2v) is 4.83. The summed E-state index contributed by atoms with van der Waals surface area (Å²) in [5, 5.41) is 7.07. The third-order valence-corrected chi connectivity index (χ3v) is 3.35. The fourth-order valence-electron chi connectivity index (χ4n) is 2.38. The standard InChI is InChI=1S/C14H14FN3O/c1-9-6-13-11(14(19)17-9)7-16-18(13)8-10-4-2-3-5-12(10)15/h2-5,7,9H,6,8H2,1H3,(H,17,19). The number of nitrogens with one attached hydrogen (secondary N) is 1. The van der Waals surface area contributed by atoms with Gasteiger partial charge in [-0.1, -0.05) is 18.2 Å². The van der Waals surface area contributed by atoms with E-state index in [0.29, 0.717) is 17.7 Å². The van der Waals surface area contributed by atoms with Gasteiger partial charge in [-0.2, -0.15) is 5.10 Å². The molecule has 1 aromatic heterocycles. The summed E-state index contributed by atoms with van der Waals surface area (Å²) in [7, 11) is 0. The van der Waals surface area contributed by atoms with Crippen LogP contribution in [-0.2, 0) is 13.0 Å². The molecule has 0 fully saturated rings. The van der Waals surface area contributed by atoms with Gasteiger partial charge in [0, 0.05) is 18.0 Å². The molecule has 4 nitrogen and oxygen atoms in total. The lowest BCUT2D eigenvalue weighted by Gasteiger charge is -2.21. The first kappa shape index (κ1) is 11.9. The highest BCUT2D eigenvalue weighted by molar-refractivity contribution is 5.96. The zero-order valence-corrected chi connectivity index (χ0v) is 10.6. The van der Waals surface area contributed by atoms with Crippen LogP contribution in [0.1, 0.15) is 28.5 Å². The van der Waals surface area contributed by atoms with Crippen LogP contribution in [0, 0.1) is 5.82 Å². The first-order chi connectivity index (χ1) is 9.15. The van der Waals surface area contributed by atoms with Gasteiger partial charge < -0.3 is 5.32 Å². The zero-order valence-electron chi connectivity index (χ0n) is 10.6. The van der Waals surface area contributed by atoms with Crippen LogP contribution in [0.15, 0.2) is 30.5 Å². The van der Waals surface area contributed by atoms with Crippen LogP contribution in [-0.4, -0.2) is 21.7 Å². The number of amides is 1. The van der Waals surface area contributed by atoms with Crippen molar-refractivity contribution in [3.05, 3.63) is 53.1 Å². The number of hydrogen-bond acceptors (Lipinski definition) is 2. The van der Waals surface area contributed by atoms with Crippen LogP contribution in [0.5, 0.6) is 0 Å². The second kappa shape index (κ2) is 4.50. The summed E-state index contributed by atoms with van der Waals surface area (Å²) in [5.41, 5.74) is 2.04. The zero-order chi connectivity index (χ0) is 13.4. The van der Waals surface area contributed by atoms with Crippen molar-refractivity contribution in [3.63, 3.8) is 0 Å².